The van der Waals surface area contributed by atoms with E-state index in [1.807, 2.05) is 13.8 Å². The van der Waals surface area contributed by atoms with Crippen LogP contribution in [0.5, 0.6) is 5.75 Å². The Morgan fingerprint density at radius 1 is 1.30 bits per heavy atom. The minimum Gasteiger partial charge on any atom is -0.507 e. The minimum absolute atomic E-state index is 0.214. The highest BCUT2D eigenvalue weighted by molar-refractivity contribution is 7.13. The molecule has 2 heterocycles. The Balaban J connectivity index is 2.17. The Morgan fingerprint density at radius 3 is 2.67 bits per heavy atom. The summed E-state index contributed by atoms with van der Waals surface area (Å²) in [5, 5.41) is 21.1. The van der Waals surface area contributed by atoms with Gasteiger partial charge in [-0.3, -0.25) is 10.1 Å². The zero-order valence-corrected chi connectivity index (χ0v) is 20.3. The number of amides is 1. The van der Waals surface area contributed by atoms with Gasteiger partial charge in [-0.2, -0.15) is 0 Å². The van der Waals surface area contributed by atoms with Crippen LogP contribution >= 0.6 is 11.3 Å². The molecule has 1 unspecified atom stereocenters. The molecule has 2 aromatic heterocycles. The number of carboxylic acid groups (broad SMARTS) is 1. The SMILES string of the molecule is CCCCc1cc(C)c(/C=C(\C)C(=O)c2c(O)cc(C(C)CCC=CNC(=O)O)oc2=O)s1. The van der Waals surface area contributed by atoms with Crippen molar-refractivity contribution in [1.82, 2.24) is 5.32 Å². The molecule has 0 aliphatic rings. The van der Waals surface area contributed by atoms with Gasteiger partial charge >= 0.3 is 11.7 Å². The van der Waals surface area contributed by atoms with Crippen LogP contribution in [0.3, 0.4) is 0 Å². The van der Waals surface area contributed by atoms with Crippen LogP contribution in [0.25, 0.3) is 6.08 Å². The summed E-state index contributed by atoms with van der Waals surface area (Å²) >= 11 is 1.63. The number of nitrogens with one attached hydrogen (secondary N) is 1. The van der Waals surface area contributed by atoms with Crippen molar-refractivity contribution < 1.29 is 24.2 Å². The highest BCUT2D eigenvalue weighted by Gasteiger charge is 2.22. The van der Waals surface area contributed by atoms with Gasteiger partial charge in [0.15, 0.2) is 5.78 Å². The van der Waals surface area contributed by atoms with Crippen LogP contribution in [0.2, 0.25) is 0 Å². The monoisotopic (exact) mass is 473 g/mol. The third kappa shape index (κ3) is 7.46. The first-order valence-corrected chi connectivity index (χ1v) is 11.8. The van der Waals surface area contributed by atoms with E-state index in [1.165, 1.54) is 17.1 Å². The molecule has 8 heteroatoms. The molecule has 7 nitrogen and oxygen atoms in total. The summed E-state index contributed by atoms with van der Waals surface area (Å²) < 4.78 is 5.35. The molecule has 1 atom stereocenters. The topological polar surface area (TPSA) is 117 Å². The molecule has 0 fully saturated rings. The highest BCUT2D eigenvalue weighted by Crippen LogP contribution is 2.29. The molecular weight excluding hydrogens is 442 g/mol. The molecule has 0 saturated heterocycles. The third-order valence-corrected chi connectivity index (χ3v) is 6.49. The van der Waals surface area contributed by atoms with E-state index in [4.69, 9.17) is 9.52 Å². The van der Waals surface area contributed by atoms with Crippen LogP contribution in [0.1, 0.15) is 83.8 Å². The van der Waals surface area contributed by atoms with E-state index in [9.17, 15) is 19.5 Å². The largest absolute Gasteiger partial charge is 0.507 e. The zero-order valence-electron chi connectivity index (χ0n) is 19.4. The van der Waals surface area contributed by atoms with Crippen molar-refractivity contribution in [3.63, 3.8) is 0 Å². The number of allylic oxidation sites excluding steroid dienone is 2. The molecule has 0 radical (unpaired) electrons. The second kappa shape index (κ2) is 12.2. The van der Waals surface area contributed by atoms with Gasteiger partial charge < -0.3 is 14.6 Å². The fourth-order valence-electron chi connectivity index (χ4n) is 3.29. The van der Waals surface area contributed by atoms with Crippen LogP contribution in [0.15, 0.2) is 39.2 Å². The fourth-order valence-corrected chi connectivity index (χ4v) is 4.51. The normalized spacial score (nSPS) is 12.8. The number of unbranched alkanes of at least 4 members (excludes halogenated alkanes) is 1. The second-order valence-corrected chi connectivity index (χ2v) is 9.22. The van der Waals surface area contributed by atoms with Crippen LogP contribution < -0.4 is 10.9 Å². The predicted molar refractivity (Wildman–Crippen MR) is 130 cm³/mol. The number of rotatable bonds is 11. The first-order chi connectivity index (χ1) is 15.6. The van der Waals surface area contributed by atoms with Gasteiger partial charge in [-0.1, -0.05) is 26.3 Å². The van der Waals surface area contributed by atoms with Crippen molar-refractivity contribution in [3.05, 3.63) is 67.0 Å². The fraction of sp³-hybridized carbons (Fsp3) is 0.400. The summed E-state index contributed by atoms with van der Waals surface area (Å²) in [6.45, 7) is 7.58. The Morgan fingerprint density at radius 2 is 2.03 bits per heavy atom. The second-order valence-electron chi connectivity index (χ2n) is 8.05. The number of Topliss-reactive ketones (excluding diaryl/α,β-unsaturated/α-hetero) is 1. The quantitative estimate of drug-likeness (QED) is 0.272. The third-order valence-electron chi connectivity index (χ3n) is 5.24. The molecule has 0 saturated carbocycles. The van der Waals surface area contributed by atoms with Gasteiger partial charge in [0.2, 0.25) is 0 Å². The number of carbonyl (C=O) groups is 2. The van der Waals surface area contributed by atoms with Crippen molar-refractivity contribution in [2.45, 2.75) is 65.7 Å². The average molecular weight is 474 g/mol. The molecule has 2 rings (SSSR count). The molecular formula is C25H31NO6S. The highest BCUT2D eigenvalue weighted by atomic mass is 32.1. The molecule has 0 bridgehead atoms. The van der Waals surface area contributed by atoms with E-state index in [1.54, 1.807) is 30.4 Å². The summed E-state index contributed by atoms with van der Waals surface area (Å²) in [5.74, 6) is -0.911. The number of aromatic hydroxyl groups is 1. The number of aryl methyl sites for hydroxylation is 2. The molecule has 3 N–H and O–H groups in total. The first kappa shape index (κ1) is 26.1. The van der Waals surface area contributed by atoms with Crippen molar-refractivity contribution in [1.29, 1.82) is 0 Å². The first-order valence-electron chi connectivity index (χ1n) is 11.0. The molecule has 0 aliphatic heterocycles. The molecule has 1 amide bonds. The van der Waals surface area contributed by atoms with E-state index in [0.29, 0.717) is 18.4 Å². The molecule has 0 aliphatic carbocycles. The van der Waals surface area contributed by atoms with Gasteiger partial charge in [-0.05, 0) is 62.8 Å². The number of ketones is 1. The maximum absolute atomic E-state index is 12.9. The summed E-state index contributed by atoms with van der Waals surface area (Å²) in [5.41, 5.74) is 0.183. The maximum atomic E-state index is 12.9. The van der Waals surface area contributed by atoms with E-state index < -0.39 is 23.3 Å². The van der Waals surface area contributed by atoms with Crippen molar-refractivity contribution in [3.8, 4) is 5.75 Å². The molecule has 0 aromatic carbocycles. The van der Waals surface area contributed by atoms with Crippen molar-refractivity contribution in [2.75, 3.05) is 0 Å². The molecule has 33 heavy (non-hydrogen) atoms. The minimum atomic E-state index is -1.15. The van der Waals surface area contributed by atoms with Crippen LogP contribution in [0.4, 0.5) is 4.79 Å². The zero-order chi connectivity index (χ0) is 24.5. The molecule has 178 valence electrons. The number of hydrogen-bond acceptors (Lipinski definition) is 6. The van der Waals surface area contributed by atoms with E-state index in [-0.39, 0.29) is 17.2 Å². The molecule has 2 aromatic rings. The maximum Gasteiger partial charge on any atom is 0.408 e. The van der Waals surface area contributed by atoms with E-state index in [0.717, 1.165) is 29.7 Å². The molecule has 0 spiro atoms. The van der Waals surface area contributed by atoms with Gasteiger partial charge in [0.1, 0.15) is 17.1 Å². The lowest BCUT2D eigenvalue weighted by atomic mass is 9.99. The average Bonchev–Trinajstić information content (AvgIpc) is 3.09. The van der Waals surface area contributed by atoms with E-state index in [2.05, 4.69) is 18.3 Å². The lowest BCUT2D eigenvalue weighted by Gasteiger charge is -2.11. The van der Waals surface area contributed by atoms with Gasteiger partial charge in [0, 0.05) is 27.9 Å². The standard InChI is InChI=1S/C25H31NO6S/c1-5-6-10-18-12-16(3)21(33-18)13-17(4)23(28)22-19(27)14-20(32-24(22)29)15(2)9-7-8-11-26-25(30)31/h8,11-15,26-27H,5-7,9-10H2,1-4H3,(H,30,31)/b11-8?,17-13+. The van der Waals surface area contributed by atoms with Gasteiger partial charge in [0.05, 0.1) is 0 Å². The van der Waals surface area contributed by atoms with Crippen molar-refractivity contribution >= 4 is 29.3 Å². The summed E-state index contributed by atoms with van der Waals surface area (Å²) in [6.07, 6.45) is 7.89. The lowest BCUT2D eigenvalue weighted by Crippen LogP contribution is -2.16. The Hall–Kier alpha value is -3.13. The van der Waals surface area contributed by atoms with Crippen LogP contribution in [0, 0.1) is 6.92 Å². The van der Waals surface area contributed by atoms with Crippen LogP contribution in [-0.4, -0.2) is 22.1 Å². The summed E-state index contributed by atoms with van der Waals surface area (Å²) in [4.78, 5) is 38.1. The predicted octanol–water partition coefficient (Wildman–Crippen LogP) is 6.01. The summed E-state index contributed by atoms with van der Waals surface area (Å²) in [7, 11) is 0. The number of thiophene rings is 1. The Kier molecular flexibility index (Phi) is 9.66. The van der Waals surface area contributed by atoms with Crippen LogP contribution in [-0.2, 0) is 6.42 Å². The van der Waals surface area contributed by atoms with Crippen molar-refractivity contribution in [2.24, 2.45) is 0 Å². The van der Waals surface area contributed by atoms with E-state index >= 15 is 0 Å². The smallest absolute Gasteiger partial charge is 0.408 e. The Bertz CT molecular complexity index is 1110. The number of hydrogen-bond donors (Lipinski definition) is 3. The lowest BCUT2D eigenvalue weighted by molar-refractivity contribution is 0.102. The Labute approximate surface area is 197 Å². The van der Waals surface area contributed by atoms with Gasteiger partial charge in [-0.15, -0.1) is 11.3 Å². The van der Waals surface area contributed by atoms with Gasteiger partial charge in [0.25, 0.3) is 0 Å². The summed E-state index contributed by atoms with van der Waals surface area (Å²) in [6, 6.07) is 3.43. The number of carbonyl (C=O) groups excluding carboxylic acids is 1. The van der Waals surface area contributed by atoms with Gasteiger partial charge in [-0.25, -0.2) is 9.59 Å².